The van der Waals surface area contributed by atoms with Crippen molar-refractivity contribution in [2.24, 2.45) is 0 Å². The predicted molar refractivity (Wildman–Crippen MR) is 77.3 cm³/mol. The molecule has 0 spiro atoms. The fourth-order valence-electron chi connectivity index (χ4n) is 1.59. The molecule has 1 aromatic rings. The number of Topliss-reactive ketones (excluding diaryl/α,β-unsaturated/α-hetero) is 1. The number of ketones is 1. The maximum Gasteiger partial charge on any atom is 0.240 e. The highest BCUT2D eigenvalue weighted by molar-refractivity contribution is 7.89. The molecule has 6 heteroatoms. The first kappa shape index (κ1) is 16.8. The Morgan fingerprint density at radius 3 is 2.65 bits per heavy atom. The molecule has 0 unspecified atom stereocenters. The summed E-state index contributed by atoms with van der Waals surface area (Å²) >= 11 is 0. The maximum absolute atomic E-state index is 12.1. The van der Waals surface area contributed by atoms with E-state index >= 15 is 0 Å². The molecule has 1 N–H and O–H groups in total. The lowest BCUT2D eigenvalue weighted by Gasteiger charge is -2.10. The Labute approximate surface area is 120 Å². The second kappa shape index (κ2) is 7.52. The summed E-state index contributed by atoms with van der Waals surface area (Å²) in [6.07, 6.45) is 0.407. The summed E-state index contributed by atoms with van der Waals surface area (Å²) in [7, 11) is -3.60. The van der Waals surface area contributed by atoms with E-state index in [4.69, 9.17) is 4.74 Å². The van der Waals surface area contributed by atoms with Crippen molar-refractivity contribution in [3.8, 4) is 0 Å². The molecule has 0 radical (unpaired) electrons. The monoisotopic (exact) mass is 299 g/mol. The smallest absolute Gasteiger partial charge is 0.240 e. The average Bonchev–Trinajstić information content (AvgIpc) is 2.42. The Morgan fingerprint density at radius 1 is 1.35 bits per heavy atom. The number of benzene rings is 1. The number of sulfonamides is 1. The maximum atomic E-state index is 12.1. The van der Waals surface area contributed by atoms with E-state index in [1.807, 2.05) is 13.8 Å². The van der Waals surface area contributed by atoms with Gasteiger partial charge < -0.3 is 4.74 Å². The highest BCUT2D eigenvalue weighted by Crippen LogP contribution is 2.12. The van der Waals surface area contributed by atoms with Crippen LogP contribution in [0.3, 0.4) is 0 Å². The van der Waals surface area contributed by atoms with Crippen LogP contribution >= 0.6 is 0 Å². The lowest BCUT2D eigenvalue weighted by Crippen LogP contribution is -2.28. The van der Waals surface area contributed by atoms with Gasteiger partial charge in [0.1, 0.15) is 0 Å². The lowest BCUT2D eigenvalue weighted by molar-refractivity contribution is 0.0833. The highest BCUT2D eigenvalue weighted by atomic mass is 32.2. The van der Waals surface area contributed by atoms with Crippen LogP contribution in [0.5, 0.6) is 0 Å². The second-order valence-corrected chi connectivity index (χ2v) is 6.39. The summed E-state index contributed by atoms with van der Waals surface area (Å²) in [4.78, 5) is 11.7. The van der Waals surface area contributed by atoms with Crippen LogP contribution in [0.2, 0.25) is 0 Å². The Kier molecular flexibility index (Phi) is 6.32. The van der Waals surface area contributed by atoms with Crippen LogP contribution in [0.25, 0.3) is 0 Å². The molecule has 0 aliphatic carbocycles. The average molecular weight is 299 g/mol. The molecular formula is C14H21NO4S. The molecule has 5 nitrogen and oxygen atoms in total. The molecule has 0 atom stereocenters. The molecule has 1 rings (SSSR count). The Balaban J connectivity index is 2.75. The molecule has 0 amide bonds. The van der Waals surface area contributed by atoms with E-state index in [-0.39, 0.29) is 23.3 Å². The largest absolute Gasteiger partial charge is 0.377 e. The third-order valence-electron chi connectivity index (χ3n) is 2.63. The predicted octanol–water partition coefficient (Wildman–Crippen LogP) is 1.98. The zero-order chi connectivity index (χ0) is 15.2. The van der Waals surface area contributed by atoms with Crippen LogP contribution < -0.4 is 4.72 Å². The SMILES string of the molecule is CCC(=O)c1cccc(S(=O)(=O)NCCOC(C)C)c1. The molecule has 0 aromatic heterocycles. The number of carbonyl (C=O) groups is 1. The highest BCUT2D eigenvalue weighted by Gasteiger charge is 2.15. The van der Waals surface area contributed by atoms with Gasteiger partial charge in [-0.25, -0.2) is 13.1 Å². The van der Waals surface area contributed by atoms with Gasteiger partial charge in [0.25, 0.3) is 0 Å². The standard InChI is InChI=1S/C14H21NO4S/c1-4-14(16)12-6-5-7-13(10-12)20(17,18)15-8-9-19-11(2)3/h5-7,10-11,15H,4,8-9H2,1-3H3. The zero-order valence-corrected chi connectivity index (χ0v) is 12.9. The van der Waals surface area contributed by atoms with Crippen LogP contribution in [-0.4, -0.2) is 33.5 Å². The van der Waals surface area contributed by atoms with Crippen LogP contribution in [0.1, 0.15) is 37.6 Å². The molecule has 0 bridgehead atoms. The van der Waals surface area contributed by atoms with Crippen molar-refractivity contribution >= 4 is 15.8 Å². The first-order valence-corrected chi connectivity index (χ1v) is 8.09. The van der Waals surface area contributed by atoms with Crippen LogP contribution in [0.4, 0.5) is 0 Å². The van der Waals surface area contributed by atoms with E-state index in [0.29, 0.717) is 18.6 Å². The summed E-state index contributed by atoms with van der Waals surface area (Å²) in [5.74, 6) is -0.0785. The second-order valence-electron chi connectivity index (χ2n) is 4.62. The van der Waals surface area contributed by atoms with E-state index in [2.05, 4.69) is 4.72 Å². The summed E-state index contributed by atoms with van der Waals surface area (Å²) < 4.78 is 31.8. The zero-order valence-electron chi connectivity index (χ0n) is 12.0. The molecular weight excluding hydrogens is 278 g/mol. The van der Waals surface area contributed by atoms with Gasteiger partial charge in [-0.15, -0.1) is 0 Å². The summed E-state index contributed by atoms with van der Waals surface area (Å²) in [6, 6.07) is 6.06. The van der Waals surface area contributed by atoms with E-state index in [0.717, 1.165) is 0 Å². The Bertz CT molecular complexity index is 552. The van der Waals surface area contributed by atoms with Gasteiger partial charge in [0.15, 0.2) is 5.78 Å². The molecule has 0 aliphatic heterocycles. The summed E-state index contributed by atoms with van der Waals surface area (Å²) in [6.45, 7) is 6.02. The number of carbonyl (C=O) groups excluding carboxylic acids is 1. The van der Waals surface area contributed by atoms with Crippen LogP contribution in [-0.2, 0) is 14.8 Å². The van der Waals surface area contributed by atoms with Crippen molar-refractivity contribution in [2.75, 3.05) is 13.2 Å². The fourth-order valence-corrected chi connectivity index (χ4v) is 2.65. The number of hydrogen-bond acceptors (Lipinski definition) is 4. The first-order valence-electron chi connectivity index (χ1n) is 6.61. The normalized spacial score (nSPS) is 11.8. The molecule has 0 aliphatic rings. The van der Waals surface area contributed by atoms with Gasteiger partial charge in [-0.2, -0.15) is 0 Å². The molecule has 0 saturated heterocycles. The van der Waals surface area contributed by atoms with Gasteiger partial charge in [-0.3, -0.25) is 4.79 Å². The molecule has 20 heavy (non-hydrogen) atoms. The van der Waals surface area contributed by atoms with E-state index in [9.17, 15) is 13.2 Å². The van der Waals surface area contributed by atoms with E-state index in [1.165, 1.54) is 12.1 Å². The van der Waals surface area contributed by atoms with Crippen molar-refractivity contribution in [2.45, 2.75) is 38.2 Å². The number of rotatable bonds is 8. The first-order chi connectivity index (χ1) is 9.36. The third-order valence-corrected chi connectivity index (χ3v) is 4.09. The quantitative estimate of drug-likeness (QED) is 0.588. The van der Waals surface area contributed by atoms with Gasteiger partial charge in [-0.1, -0.05) is 19.1 Å². The minimum atomic E-state index is -3.60. The van der Waals surface area contributed by atoms with Crippen molar-refractivity contribution in [1.29, 1.82) is 0 Å². The Hall–Kier alpha value is -1.24. The molecule has 0 heterocycles. The van der Waals surface area contributed by atoms with Gasteiger partial charge in [0.2, 0.25) is 10.0 Å². The molecule has 112 valence electrons. The molecule has 0 saturated carbocycles. The molecule has 1 aromatic carbocycles. The van der Waals surface area contributed by atoms with Gasteiger partial charge in [0.05, 0.1) is 17.6 Å². The number of nitrogens with one attached hydrogen (secondary N) is 1. The lowest BCUT2D eigenvalue weighted by atomic mass is 10.1. The molecule has 0 fully saturated rings. The van der Waals surface area contributed by atoms with Gasteiger partial charge in [-0.05, 0) is 26.0 Å². The number of hydrogen-bond donors (Lipinski definition) is 1. The van der Waals surface area contributed by atoms with E-state index in [1.54, 1.807) is 19.1 Å². The van der Waals surface area contributed by atoms with Crippen LogP contribution in [0.15, 0.2) is 29.2 Å². The van der Waals surface area contributed by atoms with Gasteiger partial charge >= 0.3 is 0 Å². The van der Waals surface area contributed by atoms with Crippen molar-refractivity contribution in [3.63, 3.8) is 0 Å². The minimum Gasteiger partial charge on any atom is -0.377 e. The van der Waals surface area contributed by atoms with E-state index < -0.39 is 10.0 Å². The minimum absolute atomic E-state index is 0.0602. The topological polar surface area (TPSA) is 72.5 Å². The summed E-state index contributed by atoms with van der Waals surface area (Å²) in [5, 5.41) is 0. The van der Waals surface area contributed by atoms with Crippen molar-refractivity contribution < 1.29 is 17.9 Å². The Morgan fingerprint density at radius 2 is 2.05 bits per heavy atom. The van der Waals surface area contributed by atoms with Crippen molar-refractivity contribution in [1.82, 2.24) is 4.72 Å². The van der Waals surface area contributed by atoms with Crippen molar-refractivity contribution in [3.05, 3.63) is 29.8 Å². The third kappa shape index (κ3) is 5.03. The fraction of sp³-hybridized carbons (Fsp3) is 0.500. The van der Waals surface area contributed by atoms with Crippen LogP contribution in [0, 0.1) is 0 Å². The number of ether oxygens (including phenoxy) is 1. The van der Waals surface area contributed by atoms with Gasteiger partial charge in [0, 0.05) is 18.5 Å². The summed E-state index contributed by atoms with van der Waals surface area (Å²) in [5.41, 5.74) is 0.411.